The SMILES string of the molecule is CC(C)(C)C(=O)Nc1c[nH]c2ccc(OC3CC(c4ccc(C(F)(F)F)cc4)C3)cc12. The molecule has 4 nitrogen and oxygen atoms in total. The van der Waals surface area contributed by atoms with Gasteiger partial charge in [-0.15, -0.1) is 0 Å². The van der Waals surface area contributed by atoms with Crippen molar-refractivity contribution >= 4 is 22.5 Å². The number of halogens is 3. The number of aromatic amines is 1. The maximum absolute atomic E-state index is 12.7. The predicted molar refractivity (Wildman–Crippen MR) is 114 cm³/mol. The molecule has 31 heavy (non-hydrogen) atoms. The normalized spacial score (nSPS) is 19.2. The Morgan fingerprint density at radius 3 is 2.35 bits per heavy atom. The molecule has 1 heterocycles. The molecule has 4 rings (SSSR count). The lowest BCUT2D eigenvalue weighted by Crippen LogP contribution is -2.32. The summed E-state index contributed by atoms with van der Waals surface area (Å²) >= 11 is 0. The molecule has 0 spiro atoms. The Morgan fingerprint density at radius 2 is 1.74 bits per heavy atom. The molecule has 1 aliphatic carbocycles. The lowest BCUT2D eigenvalue weighted by atomic mass is 9.77. The summed E-state index contributed by atoms with van der Waals surface area (Å²) in [7, 11) is 0. The van der Waals surface area contributed by atoms with Crippen LogP contribution >= 0.6 is 0 Å². The first-order valence-corrected chi connectivity index (χ1v) is 10.3. The molecule has 0 unspecified atom stereocenters. The Bertz CT molecular complexity index is 1090. The fourth-order valence-corrected chi connectivity index (χ4v) is 3.66. The molecule has 0 bridgehead atoms. The van der Waals surface area contributed by atoms with Crippen LogP contribution in [-0.2, 0) is 11.0 Å². The molecule has 1 saturated carbocycles. The van der Waals surface area contributed by atoms with Crippen LogP contribution in [0.4, 0.5) is 18.9 Å². The number of amides is 1. The molecule has 2 aromatic carbocycles. The molecule has 164 valence electrons. The summed E-state index contributed by atoms with van der Waals surface area (Å²) in [5.74, 6) is 0.831. The number of anilines is 1. The van der Waals surface area contributed by atoms with Gasteiger partial charge < -0.3 is 15.0 Å². The zero-order valence-corrected chi connectivity index (χ0v) is 17.6. The van der Waals surface area contributed by atoms with Crippen LogP contribution in [0.15, 0.2) is 48.7 Å². The Kier molecular flexibility index (Phi) is 5.23. The van der Waals surface area contributed by atoms with Gasteiger partial charge in [0, 0.05) is 22.5 Å². The molecular weight excluding hydrogens is 405 g/mol. The van der Waals surface area contributed by atoms with Gasteiger partial charge in [0.15, 0.2) is 0 Å². The minimum Gasteiger partial charge on any atom is -0.490 e. The number of alkyl halides is 3. The lowest BCUT2D eigenvalue weighted by molar-refractivity contribution is -0.137. The monoisotopic (exact) mass is 430 g/mol. The molecule has 2 N–H and O–H groups in total. The number of hydrogen-bond acceptors (Lipinski definition) is 2. The van der Waals surface area contributed by atoms with E-state index in [1.165, 1.54) is 0 Å². The molecule has 7 heteroatoms. The minimum absolute atomic E-state index is 0.0105. The molecule has 3 aromatic rings. The third-order valence-corrected chi connectivity index (χ3v) is 5.69. The third kappa shape index (κ3) is 4.55. The van der Waals surface area contributed by atoms with Crippen LogP contribution in [0.5, 0.6) is 5.75 Å². The summed E-state index contributed by atoms with van der Waals surface area (Å²) in [5.41, 5.74) is 1.37. The van der Waals surface area contributed by atoms with Gasteiger partial charge in [-0.25, -0.2) is 0 Å². The average Bonchev–Trinajstić information content (AvgIpc) is 3.05. The van der Waals surface area contributed by atoms with Gasteiger partial charge in [-0.2, -0.15) is 13.2 Å². The topological polar surface area (TPSA) is 54.1 Å². The number of rotatable bonds is 4. The first kappa shape index (κ1) is 21.3. The zero-order chi connectivity index (χ0) is 22.4. The molecule has 0 radical (unpaired) electrons. The highest BCUT2D eigenvalue weighted by atomic mass is 19.4. The smallest absolute Gasteiger partial charge is 0.416 e. The Hall–Kier alpha value is -2.96. The van der Waals surface area contributed by atoms with Gasteiger partial charge in [0.1, 0.15) is 5.75 Å². The highest BCUT2D eigenvalue weighted by Crippen LogP contribution is 2.41. The van der Waals surface area contributed by atoms with E-state index in [9.17, 15) is 18.0 Å². The molecular formula is C24H25F3N2O2. The van der Waals surface area contributed by atoms with Crippen molar-refractivity contribution in [1.29, 1.82) is 0 Å². The minimum atomic E-state index is -4.31. The van der Waals surface area contributed by atoms with E-state index >= 15 is 0 Å². The summed E-state index contributed by atoms with van der Waals surface area (Å²) in [4.78, 5) is 15.5. The van der Waals surface area contributed by atoms with Crippen molar-refractivity contribution in [2.24, 2.45) is 5.41 Å². The number of fused-ring (bicyclic) bond motifs is 1. The maximum Gasteiger partial charge on any atom is 0.416 e. The van der Waals surface area contributed by atoms with E-state index in [4.69, 9.17) is 4.74 Å². The summed E-state index contributed by atoms with van der Waals surface area (Å²) in [5, 5.41) is 3.82. The van der Waals surface area contributed by atoms with Crippen molar-refractivity contribution in [1.82, 2.24) is 4.98 Å². The van der Waals surface area contributed by atoms with Crippen LogP contribution in [0.1, 0.15) is 50.7 Å². The van der Waals surface area contributed by atoms with Crippen LogP contribution in [0.3, 0.4) is 0 Å². The largest absolute Gasteiger partial charge is 0.490 e. The molecule has 0 aliphatic heterocycles. The van der Waals surface area contributed by atoms with E-state index in [2.05, 4.69) is 10.3 Å². The number of H-pyrrole nitrogens is 1. The lowest BCUT2D eigenvalue weighted by Gasteiger charge is -2.35. The van der Waals surface area contributed by atoms with E-state index in [1.807, 2.05) is 39.0 Å². The first-order valence-electron chi connectivity index (χ1n) is 10.3. The molecule has 1 fully saturated rings. The number of hydrogen-bond donors (Lipinski definition) is 2. The highest BCUT2D eigenvalue weighted by Gasteiger charge is 2.34. The maximum atomic E-state index is 12.7. The number of carbonyl (C=O) groups is 1. The van der Waals surface area contributed by atoms with Gasteiger partial charge in [-0.05, 0) is 54.7 Å². The van der Waals surface area contributed by atoms with Crippen LogP contribution < -0.4 is 10.1 Å². The van der Waals surface area contributed by atoms with Crippen molar-refractivity contribution in [2.75, 3.05) is 5.32 Å². The molecule has 0 atom stereocenters. The van der Waals surface area contributed by atoms with Crippen LogP contribution in [0.2, 0.25) is 0 Å². The third-order valence-electron chi connectivity index (χ3n) is 5.69. The molecule has 0 saturated heterocycles. The molecule has 1 aliphatic rings. The number of aromatic nitrogens is 1. The van der Waals surface area contributed by atoms with Gasteiger partial charge in [0.2, 0.25) is 5.91 Å². The van der Waals surface area contributed by atoms with Crippen molar-refractivity contribution < 1.29 is 22.7 Å². The van der Waals surface area contributed by atoms with Crippen molar-refractivity contribution in [2.45, 2.75) is 51.8 Å². The second-order valence-corrected chi connectivity index (χ2v) is 9.14. The highest BCUT2D eigenvalue weighted by molar-refractivity contribution is 6.03. The fraction of sp³-hybridized carbons (Fsp3) is 0.375. The molecule has 1 amide bonds. The van der Waals surface area contributed by atoms with E-state index < -0.39 is 17.2 Å². The number of ether oxygens (including phenoxy) is 1. The van der Waals surface area contributed by atoms with Crippen molar-refractivity contribution in [3.05, 3.63) is 59.8 Å². The summed E-state index contributed by atoms with van der Waals surface area (Å²) in [6.45, 7) is 5.57. The zero-order valence-electron chi connectivity index (χ0n) is 17.6. The number of nitrogens with one attached hydrogen (secondary N) is 2. The number of benzene rings is 2. The Balaban J connectivity index is 1.40. The summed E-state index contributed by atoms with van der Waals surface area (Å²) in [6, 6.07) is 11.1. The van der Waals surface area contributed by atoms with Crippen molar-refractivity contribution in [3.63, 3.8) is 0 Å². The fourth-order valence-electron chi connectivity index (χ4n) is 3.66. The van der Waals surface area contributed by atoms with Crippen LogP contribution in [-0.4, -0.2) is 17.0 Å². The Morgan fingerprint density at radius 1 is 1.06 bits per heavy atom. The van der Waals surface area contributed by atoms with Crippen LogP contribution in [0.25, 0.3) is 10.9 Å². The molecule has 1 aromatic heterocycles. The van der Waals surface area contributed by atoms with E-state index in [0.29, 0.717) is 11.4 Å². The van der Waals surface area contributed by atoms with Gasteiger partial charge in [-0.3, -0.25) is 4.79 Å². The first-order chi connectivity index (χ1) is 14.5. The average molecular weight is 430 g/mol. The Labute approximate surface area is 178 Å². The van der Waals surface area contributed by atoms with Gasteiger partial charge in [-0.1, -0.05) is 32.9 Å². The second-order valence-electron chi connectivity index (χ2n) is 9.14. The van der Waals surface area contributed by atoms with Gasteiger partial charge >= 0.3 is 6.18 Å². The van der Waals surface area contributed by atoms with Gasteiger partial charge in [0.25, 0.3) is 0 Å². The van der Waals surface area contributed by atoms with Crippen molar-refractivity contribution in [3.8, 4) is 5.75 Å². The predicted octanol–water partition coefficient (Wildman–Crippen LogP) is 6.50. The van der Waals surface area contributed by atoms with E-state index in [-0.39, 0.29) is 17.9 Å². The summed E-state index contributed by atoms with van der Waals surface area (Å²) < 4.78 is 44.2. The number of carbonyl (C=O) groups excluding carboxylic acids is 1. The quantitative estimate of drug-likeness (QED) is 0.497. The van der Waals surface area contributed by atoms with E-state index in [0.717, 1.165) is 41.4 Å². The second kappa shape index (κ2) is 7.62. The standard InChI is InChI=1S/C24H25F3N2O2/c1-23(2,3)22(30)29-21-13-28-20-9-8-17(12-19(20)21)31-18-10-15(11-18)14-4-6-16(7-5-14)24(25,26)27/h4-9,12-13,15,18,28H,10-11H2,1-3H3,(H,29,30). The summed E-state index contributed by atoms with van der Waals surface area (Å²) in [6.07, 6.45) is -1.03. The van der Waals surface area contributed by atoms with Gasteiger partial charge in [0.05, 0.1) is 17.4 Å². The van der Waals surface area contributed by atoms with E-state index in [1.54, 1.807) is 18.3 Å². The van der Waals surface area contributed by atoms with Crippen LogP contribution in [0, 0.1) is 5.41 Å².